The highest BCUT2D eigenvalue weighted by atomic mass is 19.3. The number of amides is 3. The molecule has 3 amide bonds. The summed E-state index contributed by atoms with van der Waals surface area (Å²) in [5.74, 6) is -2.40. The first-order valence-corrected chi connectivity index (χ1v) is 9.79. The molecule has 1 fully saturated rings. The predicted octanol–water partition coefficient (Wildman–Crippen LogP) is 2.82. The number of benzene rings is 1. The van der Waals surface area contributed by atoms with Crippen LogP contribution in [0.1, 0.15) is 37.6 Å². The van der Waals surface area contributed by atoms with E-state index in [1.54, 1.807) is 18.2 Å². The molecule has 2 N–H and O–H groups in total. The van der Waals surface area contributed by atoms with E-state index in [4.69, 9.17) is 6.42 Å². The molecule has 1 aliphatic rings. The minimum absolute atomic E-state index is 0.232. The Morgan fingerprint density at radius 3 is 2.65 bits per heavy atom. The number of fused-ring (bicyclic) bond motifs is 1. The molecular weight excluding hydrogens is 406 g/mol. The fourth-order valence-corrected chi connectivity index (χ4v) is 3.25. The second-order valence-corrected chi connectivity index (χ2v) is 6.69. The highest BCUT2D eigenvalue weighted by Gasteiger charge is 2.46. The number of alkyl halides is 2. The van der Waals surface area contributed by atoms with E-state index in [0.717, 1.165) is 4.90 Å². The monoisotopic (exact) mass is 430 g/mol. The van der Waals surface area contributed by atoms with Crippen LogP contribution in [0.25, 0.3) is 10.9 Å². The second kappa shape index (κ2) is 9.98. The lowest BCUT2D eigenvalue weighted by molar-refractivity contribution is -0.131. The Morgan fingerprint density at radius 1 is 1.29 bits per heavy atom. The lowest BCUT2D eigenvalue weighted by Crippen LogP contribution is -2.43. The molecule has 2 heterocycles. The van der Waals surface area contributed by atoms with E-state index in [1.165, 1.54) is 19.2 Å². The van der Waals surface area contributed by atoms with E-state index < -0.39 is 43.3 Å². The van der Waals surface area contributed by atoms with Gasteiger partial charge in [0.05, 0.1) is 35.9 Å². The van der Waals surface area contributed by atoms with Crippen LogP contribution in [0.2, 0.25) is 0 Å². The summed E-state index contributed by atoms with van der Waals surface area (Å²) < 4.78 is 27.1. The number of hydrogen-bond donors (Lipinski definition) is 2. The van der Waals surface area contributed by atoms with Crippen molar-refractivity contribution in [3.8, 4) is 12.3 Å². The van der Waals surface area contributed by atoms with Crippen LogP contribution in [-0.4, -0.2) is 52.7 Å². The number of rotatable bonds is 4. The predicted molar refractivity (Wildman–Crippen MR) is 114 cm³/mol. The van der Waals surface area contributed by atoms with Crippen molar-refractivity contribution in [1.29, 1.82) is 0 Å². The first-order valence-electron chi connectivity index (χ1n) is 9.79. The average Bonchev–Trinajstić information content (AvgIpc) is 3.07. The van der Waals surface area contributed by atoms with Crippen molar-refractivity contribution in [1.82, 2.24) is 15.2 Å². The fraction of sp³-hybridized carbons (Fsp3) is 0.364. The summed E-state index contributed by atoms with van der Waals surface area (Å²) in [7, 11) is 0. The maximum absolute atomic E-state index is 13.5. The van der Waals surface area contributed by atoms with Crippen molar-refractivity contribution >= 4 is 34.3 Å². The normalized spacial score (nSPS) is 16.6. The Hall–Kier alpha value is -3.54. The molecule has 0 spiro atoms. The Kier molecular flexibility index (Phi) is 7.64. The maximum Gasteiger partial charge on any atom is 0.268 e. The molecule has 1 atom stereocenters. The molecule has 7 nitrogen and oxygen atoms in total. The summed E-state index contributed by atoms with van der Waals surface area (Å²) in [6.07, 6.45) is 6.05. The molecular formula is C22H24F2N4O3. The summed E-state index contributed by atoms with van der Waals surface area (Å²) in [4.78, 5) is 41.4. The number of pyridine rings is 1. The third-order valence-electron chi connectivity index (χ3n) is 4.51. The van der Waals surface area contributed by atoms with Crippen LogP contribution in [-0.2, 0) is 9.59 Å². The van der Waals surface area contributed by atoms with Crippen molar-refractivity contribution in [3.05, 3.63) is 36.0 Å². The number of hydrogen-bond acceptors (Lipinski definition) is 4. The van der Waals surface area contributed by atoms with Gasteiger partial charge in [-0.15, -0.1) is 6.42 Å². The summed E-state index contributed by atoms with van der Waals surface area (Å²) >= 11 is 0. The van der Waals surface area contributed by atoms with E-state index in [1.807, 2.05) is 13.8 Å². The van der Waals surface area contributed by atoms with E-state index in [9.17, 15) is 23.2 Å². The third kappa shape index (κ3) is 5.54. The van der Waals surface area contributed by atoms with Gasteiger partial charge in [0.1, 0.15) is 0 Å². The maximum atomic E-state index is 13.5. The quantitative estimate of drug-likeness (QED) is 0.730. The van der Waals surface area contributed by atoms with Crippen LogP contribution in [0.15, 0.2) is 30.5 Å². The average molecular weight is 430 g/mol. The zero-order valence-electron chi connectivity index (χ0n) is 17.5. The molecule has 2 aromatic rings. The van der Waals surface area contributed by atoms with Crippen LogP contribution >= 0.6 is 0 Å². The number of nitrogens with one attached hydrogen (secondary N) is 2. The highest BCUT2D eigenvalue weighted by Crippen LogP contribution is 2.31. The van der Waals surface area contributed by atoms with Gasteiger partial charge in [0, 0.05) is 24.9 Å². The molecule has 1 saturated heterocycles. The molecule has 1 aliphatic heterocycles. The van der Waals surface area contributed by atoms with Gasteiger partial charge in [-0.25, -0.2) is 8.78 Å². The van der Waals surface area contributed by atoms with Crippen LogP contribution in [0.4, 0.5) is 14.5 Å². The van der Waals surface area contributed by atoms with Gasteiger partial charge < -0.3 is 15.5 Å². The van der Waals surface area contributed by atoms with Crippen LogP contribution in [0, 0.1) is 12.3 Å². The van der Waals surface area contributed by atoms with Gasteiger partial charge in [-0.2, -0.15) is 0 Å². The lowest BCUT2D eigenvalue weighted by Gasteiger charge is -2.20. The van der Waals surface area contributed by atoms with Gasteiger partial charge in [0.2, 0.25) is 11.8 Å². The van der Waals surface area contributed by atoms with Crippen LogP contribution < -0.4 is 10.6 Å². The first kappa shape index (κ1) is 23.7. The molecule has 1 aromatic carbocycles. The molecule has 1 aromatic heterocycles. The fourth-order valence-electron chi connectivity index (χ4n) is 3.25. The number of halogens is 2. The van der Waals surface area contributed by atoms with Crippen LogP contribution in [0.3, 0.4) is 0 Å². The molecule has 164 valence electrons. The Bertz CT molecular complexity index is 1030. The molecule has 0 radical (unpaired) electrons. The summed E-state index contributed by atoms with van der Waals surface area (Å²) in [6, 6.07) is 5.42. The van der Waals surface area contributed by atoms with Crippen LogP contribution in [0.5, 0.6) is 0 Å². The van der Waals surface area contributed by atoms with Crippen molar-refractivity contribution in [2.45, 2.75) is 39.2 Å². The highest BCUT2D eigenvalue weighted by molar-refractivity contribution is 6.10. The second-order valence-electron chi connectivity index (χ2n) is 6.69. The SMILES string of the molecule is C#C[C@@H]1CC(F)(F)CN1C(=O)CNC(=O)c1ccnc2c(NC(C)=O)cccc12.CC. The number of nitrogens with zero attached hydrogens (tertiary/aromatic N) is 2. The largest absolute Gasteiger partial charge is 0.343 e. The number of para-hydroxylation sites is 1. The van der Waals surface area contributed by atoms with E-state index >= 15 is 0 Å². The Labute approximate surface area is 179 Å². The lowest BCUT2D eigenvalue weighted by atomic mass is 10.1. The number of anilines is 1. The molecule has 0 aliphatic carbocycles. The first-order chi connectivity index (χ1) is 14.7. The van der Waals surface area contributed by atoms with E-state index in [0.29, 0.717) is 16.6 Å². The molecule has 0 saturated carbocycles. The van der Waals surface area contributed by atoms with Gasteiger partial charge in [-0.3, -0.25) is 19.4 Å². The Morgan fingerprint density at radius 2 is 2.00 bits per heavy atom. The minimum atomic E-state index is -3.04. The molecule has 3 rings (SSSR count). The summed E-state index contributed by atoms with van der Waals surface area (Å²) in [5, 5.41) is 5.55. The van der Waals surface area contributed by atoms with Crippen molar-refractivity contribution in [2.75, 3.05) is 18.4 Å². The molecule has 31 heavy (non-hydrogen) atoms. The molecule has 9 heteroatoms. The van der Waals surface area contributed by atoms with Gasteiger partial charge in [-0.1, -0.05) is 31.9 Å². The van der Waals surface area contributed by atoms with E-state index in [2.05, 4.69) is 21.5 Å². The van der Waals surface area contributed by atoms with Gasteiger partial charge >= 0.3 is 0 Å². The van der Waals surface area contributed by atoms with Gasteiger partial charge in [-0.05, 0) is 12.1 Å². The number of carbonyl (C=O) groups is 3. The van der Waals surface area contributed by atoms with Gasteiger partial charge in [0.25, 0.3) is 11.8 Å². The molecule has 0 bridgehead atoms. The number of carbonyl (C=O) groups excluding carboxylic acids is 3. The van der Waals surface area contributed by atoms with Crippen molar-refractivity contribution in [2.24, 2.45) is 0 Å². The Balaban J connectivity index is 0.00000166. The summed E-state index contributed by atoms with van der Waals surface area (Å²) in [6.45, 7) is 4.11. The van der Waals surface area contributed by atoms with Crippen molar-refractivity contribution < 1.29 is 23.2 Å². The molecule has 0 unspecified atom stereocenters. The third-order valence-corrected chi connectivity index (χ3v) is 4.51. The van der Waals surface area contributed by atoms with Gasteiger partial charge in [0.15, 0.2) is 0 Å². The topological polar surface area (TPSA) is 91.4 Å². The number of aromatic nitrogens is 1. The number of terminal acetylenes is 1. The zero-order valence-corrected chi connectivity index (χ0v) is 17.5. The smallest absolute Gasteiger partial charge is 0.268 e. The number of likely N-dealkylation sites (tertiary alicyclic amines) is 1. The summed E-state index contributed by atoms with van der Waals surface area (Å²) in [5.41, 5.74) is 1.08. The zero-order chi connectivity index (χ0) is 23.2. The van der Waals surface area contributed by atoms with E-state index in [-0.39, 0.29) is 11.5 Å². The standard InChI is InChI=1S/C20H18F2N4O3.C2H6/c1-3-13-9-20(21,22)11-26(13)17(28)10-24-19(29)15-7-8-23-18-14(15)5-4-6-16(18)25-12(2)27;1-2/h1,4-8,13H,9-11H2,2H3,(H,24,29)(H,25,27);1-2H3/t13-;/m1./s1. The van der Waals surface area contributed by atoms with Crippen molar-refractivity contribution in [3.63, 3.8) is 0 Å². The minimum Gasteiger partial charge on any atom is -0.343 e.